The fourth-order valence-electron chi connectivity index (χ4n) is 3.37. The summed E-state index contributed by atoms with van der Waals surface area (Å²) in [7, 11) is 0. The summed E-state index contributed by atoms with van der Waals surface area (Å²) in [6.45, 7) is 2.15. The Bertz CT molecular complexity index is 811. The van der Waals surface area contributed by atoms with Crippen LogP contribution >= 0.6 is 0 Å². The highest BCUT2D eigenvalue weighted by Crippen LogP contribution is 2.40. The van der Waals surface area contributed by atoms with Crippen molar-refractivity contribution in [2.24, 2.45) is 0 Å². The summed E-state index contributed by atoms with van der Waals surface area (Å²) in [5, 5.41) is 0. The molecular formula is C20H20N2O2. The molecule has 1 aliphatic heterocycles. The van der Waals surface area contributed by atoms with E-state index in [2.05, 4.69) is 0 Å². The summed E-state index contributed by atoms with van der Waals surface area (Å²) >= 11 is 0. The number of fused-ring (bicyclic) bond motifs is 1. The van der Waals surface area contributed by atoms with Gasteiger partial charge >= 0.3 is 0 Å². The van der Waals surface area contributed by atoms with Gasteiger partial charge in [-0.1, -0.05) is 42.0 Å². The van der Waals surface area contributed by atoms with Gasteiger partial charge in [0.25, 0.3) is 0 Å². The van der Waals surface area contributed by atoms with Crippen LogP contribution in [0.5, 0.6) is 0 Å². The fraction of sp³-hybridized carbons (Fsp3) is 0.300. The number of hydrogen-bond donors (Lipinski definition) is 0. The smallest absolute Gasteiger partial charge is 0.247 e. The second kappa shape index (κ2) is 5.78. The summed E-state index contributed by atoms with van der Waals surface area (Å²) < 4.78 is 0. The Hall–Kier alpha value is -2.62. The monoisotopic (exact) mass is 320 g/mol. The van der Waals surface area contributed by atoms with Gasteiger partial charge in [0.2, 0.25) is 11.8 Å². The molecule has 0 saturated heterocycles. The maximum Gasteiger partial charge on any atom is 0.247 e. The molecule has 1 saturated carbocycles. The van der Waals surface area contributed by atoms with E-state index in [0.29, 0.717) is 12.5 Å². The Kier molecular flexibility index (Phi) is 3.60. The van der Waals surface area contributed by atoms with Crippen molar-refractivity contribution < 1.29 is 9.59 Å². The van der Waals surface area contributed by atoms with Crippen LogP contribution in [0.3, 0.4) is 0 Å². The lowest BCUT2D eigenvalue weighted by Gasteiger charge is -2.36. The van der Waals surface area contributed by atoms with Crippen LogP contribution in [0.1, 0.15) is 24.0 Å². The topological polar surface area (TPSA) is 40.6 Å². The van der Waals surface area contributed by atoms with Crippen LogP contribution in [0.2, 0.25) is 0 Å². The summed E-state index contributed by atoms with van der Waals surface area (Å²) in [6, 6.07) is 16.0. The zero-order chi connectivity index (χ0) is 16.7. The standard InChI is InChI=1S/C20H20N2O2/c1-14-5-4-6-15(11-14)12-19(23)21-13-20(24)22(16-9-10-16)18-8-3-2-7-17(18)21/h2-8,11,16H,9-10,12-13H2,1H3. The first-order valence-corrected chi connectivity index (χ1v) is 8.40. The Morgan fingerprint density at radius 3 is 2.54 bits per heavy atom. The third-order valence-corrected chi connectivity index (χ3v) is 4.65. The minimum absolute atomic E-state index is 0.0220. The van der Waals surface area contributed by atoms with E-state index >= 15 is 0 Å². The number of carbonyl (C=O) groups excluding carboxylic acids is 2. The Morgan fingerprint density at radius 2 is 1.83 bits per heavy atom. The molecule has 0 radical (unpaired) electrons. The minimum Gasteiger partial charge on any atom is -0.306 e. The van der Waals surface area contributed by atoms with Crippen molar-refractivity contribution in [3.8, 4) is 0 Å². The van der Waals surface area contributed by atoms with E-state index in [1.807, 2.05) is 60.4 Å². The number of rotatable bonds is 3. The van der Waals surface area contributed by atoms with Crippen LogP contribution in [0.25, 0.3) is 0 Å². The first kappa shape index (κ1) is 14.9. The SMILES string of the molecule is Cc1cccc(CC(=O)N2CC(=O)N(C3CC3)c3ccccc32)c1. The molecule has 2 aliphatic rings. The average molecular weight is 320 g/mol. The molecule has 4 heteroatoms. The van der Waals surface area contributed by atoms with Gasteiger partial charge in [-0.3, -0.25) is 9.59 Å². The molecule has 1 fully saturated rings. The predicted octanol–water partition coefficient (Wildman–Crippen LogP) is 3.08. The zero-order valence-corrected chi connectivity index (χ0v) is 13.7. The lowest BCUT2D eigenvalue weighted by Crippen LogP contribution is -2.49. The summed E-state index contributed by atoms with van der Waals surface area (Å²) in [6.07, 6.45) is 2.42. The lowest BCUT2D eigenvalue weighted by molar-refractivity contribution is -0.122. The van der Waals surface area contributed by atoms with Crippen LogP contribution in [0.4, 0.5) is 11.4 Å². The number of para-hydroxylation sites is 2. The molecule has 0 N–H and O–H groups in total. The Morgan fingerprint density at radius 1 is 1.08 bits per heavy atom. The van der Waals surface area contributed by atoms with Crippen molar-refractivity contribution in [2.45, 2.75) is 32.2 Å². The van der Waals surface area contributed by atoms with Crippen LogP contribution < -0.4 is 9.80 Å². The average Bonchev–Trinajstić information content (AvgIpc) is 3.38. The number of nitrogens with zero attached hydrogens (tertiary/aromatic N) is 2. The van der Waals surface area contributed by atoms with Gasteiger partial charge < -0.3 is 9.80 Å². The highest BCUT2D eigenvalue weighted by molar-refractivity contribution is 6.11. The van der Waals surface area contributed by atoms with Gasteiger partial charge in [-0.15, -0.1) is 0 Å². The molecule has 0 bridgehead atoms. The molecule has 0 unspecified atom stereocenters. The molecule has 4 rings (SSSR count). The van der Waals surface area contributed by atoms with Crippen LogP contribution in [-0.4, -0.2) is 24.4 Å². The summed E-state index contributed by atoms with van der Waals surface area (Å²) in [4.78, 5) is 28.9. The van der Waals surface area contributed by atoms with Crippen molar-refractivity contribution in [1.82, 2.24) is 0 Å². The predicted molar refractivity (Wildman–Crippen MR) is 94.2 cm³/mol. The second-order valence-electron chi connectivity index (χ2n) is 6.63. The van der Waals surface area contributed by atoms with Gasteiger partial charge in [0.05, 0.1) is 17.8 Å². The maximum atomic E-state index is 12.8. The number of hydrogen-bond acceptors (Lipinski definition) is 2. The zero-order valence-electron chi connectivity index (χ0n) is 13.7. The van der Waals surface area contributed by atoms with Gasteiger partial charge in [0.15, 0.2) is 0 Å². The highest BCUT2D eigenvalue weighted by Gasteiger charge is 2.40. The number of aryl methyl sites for hydroxylation is 1. The van der Waals surface area contributed by atoms with E-state index in [4.69, 9.17) is 0 Å². The number of benzene rings is 2. The van der Waals surface area contributed by atoms with Crippen molar-refractivity contribution in [3.05, 3.63) is 59.7 Å². The maximum absolute atomic E-state index is 12.8. The molecule has 24 heavy (non-hydrogen) atoms. The van der Waals surface area contributed by atoms with Crippen molar-refractivity contribution in [3.63, 3.8) is 0 Å². The highest BCUT2D eigenvalue weighted by atomic mass is 16.2. The van der Waals surface area contributed by atoms with Crippen molar-refractivity contribution in [2.75, 3.05) is 16.3 Å². The molecule has 2 aromatic rings. The summed E-state index contributed by atoms with van der Waals surface area (Å²) in [5.74, 6) is -0.00867. The van der Waals surface area contributed by atoms with E-state index in [-0.39, 0.29) is 18.4 Å². The van der Waals surface area contributed by atoms with Gasteiger partial charge in [-0.25, -0.2) is 0 Å². The Labute approximate surface area is 141 Å². The van der Waals surface area contributed by atoms with Gasteiger partial charge in [0.1, 0.15) is 6.54 Å². The number of carbonyl (C=O) groups is 2. The largest absolute Gasteiger partial charge is 0.306 e. The molecule has 1 aliphatic carbocycles. The van der Waals surface area contributed by atoms with Gasteiger partial charge in [-0.2, -0.15) is 0 Å². The van der Waals surface area contributed by atoms with Crippen LogP contribution in [0, 0.1) is 6.92 Å². The fourth-order valence-corrected chi connectivity index (χ4v) is 3.37. The first-order chi connectivity index (χ1) is 11.6. The Balaban J connectivity index is 1.64. The number of amides is 2. The molecule has 0 atom stereocenters. The molecule has 4 nitrogen and oxygen atoms in total. The van der Waals surface area contributed by atoms with Crippen molar-refractivity contribution in [1.29, 1.82) is 0 Å². The molecule has 2 aromatic carbocycles. The minimum atomic E-state index is -0.0307. The van der Waals surface area contributed by atoms with E-state index < -0.39 is 0 Å². The van der Waals surface area contributed by atoms with Crippen molar-refractivity contribution >= 4 is 23.2 Å². The third kappa shape index (κ3) is 2.68. The first-order valence-electron chi connectivity index (χ1n) is 8.40. The van der Waals surface area contributed by atoms with Crippen LogP contribution in [-0.2, 0) is 16.0 Å². The van der Waals surface area contributed by atoms with E-state index in [9.17, 15) is 9.59 Å². The molecule has 0 aromatic heterocycles. The number of anilines is 2. The van der Waals surface area contributed by atoms with E-state index in [1.54, 1.807) is 4.90 Å². The molecule has 2 amide bonds. The molecule has 1 heterocycles. The van der Waals surface area contributed by atoms with E-state index in [1.165, 1.54) is 0 Å². The van der Waals surface area contributed by atoms with E-state index in [0.717, 1.165) is 35.3 Å². The molecular weight excluding hydrogens is 300 g/mol. The van der Waals surface area contributed by atoms with Gasteiger partial charge in [0, 0.05) is 6.04 Å². The van der Waals surface area contributed by atoms with Crippen LogP contribution in [0.15, 0.2) is 48.5 Å². The third-order valence-electron chi connectivity index (χ3n) is 4.65. The lowest BCUT2D eigenvalue weighted by atomic mass is 10.1. The van der Waals surface area contributed by atoms with Gasteiger partial charge in [-0.05, 0) is 37.5 Å². The second-order valence-corrected chi connectivity index (χ2v) is 6.63. The normalized spacial score (nSPS) is 17.0. The summed E-state index contributed by atoms with van der Waals surface area (Å²) in [5.41, 5.74) is 3.83. The molecule has 122 valence electrons. The molecule has 0 spiro atoms. The quantitative estimate of drug-likeness (QED) is 0.872.